The van der Waals surface area contributed by atoms with Gasteiger partial charge in [0.1, 0.15) is 0 Å². The molecule has 3 unspecified atom stereocenters. The van der Waals surface area contributed by atoms with Crippen LogP contribution in [-0.4, -0.2) is 53.7 Å². The van der Waals surface area contributed by atoms with Crippen molar-refractivity contribution in [2.45, 2.75) is 44.2 Å². The standard InChI is InChI=1S/C13H22N2O4/c14-11-4-2-1-3-10(11)13(18)15-5-6-19-9(8-15)7-12(16)17/h9-11H,1-8,14H2,(H,16,17). The molecule has 0 radical (unpaired) electrons. The summed E-state index contributed by atoms with van der Waals surface area (Å²) in [5, 5.41) is 8.78. The minimum Gasteiger partial charge on any atom is -0.481 e. The van der Waals surface area contributed by atoms with Crippen molar-refractivity contribution in [2.24, 2.45) is 11.7 Å². The minimum atomic E-state index is -0.895. The van der Waals surface area contributed by atoms with Crippen LogP contribution in [0.25, 0.3) is 0 Å². The average molecular weight is 270 g/mol. The Bertz CT molecular complexity index is 348. The maximum atomic E-state index is 12.4. The van der Waals surface area contributed by atoms with Gasteiger partial charge in [-0.15, -0.1) is 0 Å². The molecule has 0 bridgehead atoms. The smallest absolute Gasteiger partial charge is 0.306 e. The van der Waals surface area contributed by atoms with Crippen LogP contribution in [0.1, 0.15) is 32.1 Å². The molecule has 3 N–H and O–H groups in total. The Morgan fingerprint density at radius 1 is 1.32 bits per heavy atom. The highest BCUT2D eigenvalue weighted by atomic mass is 16.5. The van der Waals surface area contributed by atoms with Gasteiger partial charge in [-0.25, -0.2) is 0 Å². The Labute approximate surface area is 112 Å². The number of hydrogen-bond donors (Lipinski definition) is 2. The first-order valence-corrected chi connectivity index (χ1v) is 6.95. The van der Waals surface area contributed by atoms with Gasteiger partial charge in [0.25, 0.3) is 0 Å². The van der Waals surface area contributed by atoms with E-state index in [2.05, 4.69) is 0 Å². The molecule has 0 aromatic carbocycles. The first-order valence-electron chi connectivity index (χ1n) is 6.95. The summed E-state index contributed by atoms with van der Waals surface area (Å²) in [5.74, 6) is -0.920. The van der Waals surface area contributed by atoms with Gasteiger partial charge >= 0.3 is 5.97 Å². The maximum Gasteiger partial charge on any atom is 0.306 e. The van der Waals surface area contributed by atoms with Crippen LogP contribution < -0.4 is 5.73 Å². The summed E-state index contributed by atoms with van der Waals surface area (Å²) >= 11 is 0. The Hall–Kier alpha value is -1.14. The van der Waals surface area contributed by atoms with Gasteiger partial charge < -0.3 is 20.5 Å². The van der Waals surface area contributed by atoms with E-state index < -0.39 is 12.1 Å². The minimum absolute atomic E-state index is 0.0537. The predicted molar refractivity (Wildman–Crippen MR) is 68.5 cm³/mol. The van der Waals surface area contributed by atoms with Crippen molar-refractivity contribution in [3.05, 3.63) is 0 Å². The molecular weight excluding hydrogens is 248 g/mol. The van der Waals surface area contributed by atoms with Crippen LogP contribution in [0, 0.1) is 5.92 Å². The van der Waals surface area contributed by atoms with Gasteiger partial charge in [0.05, 0.1) is 25.0 Å². The number of nitrogens with zero attached hydrogens (tertiary/aromatic N) is 1. The third kappa shape index (κ3) is 3.67. The van der Waals surface area contributed by atoms with Gasteiger partial charge in [0.2, 0.25) is 5.91 Å². The van der Waals surface area contributed by atoms with Crippen molar-refractivity contribution < 1.29 is 19.4 Å². The van der Waals surface area contributed by atoms with Crippen LogP contribution in [0.5, 0.6) is 0 Å². The molecule has 1 heterocycles. The fraction of sp³-hybridized carbons (Fsp3) is 0.846. The zero-order chi connectivity index (χ0) is 13.8. The Kier molecular flexibility index (Phi) is 4.76. The van der Waals surface area contributed by atoms with Gasteiger partial charge in [0, 0.05) is 19.1 Å². The number of hydrogen-bond acceptors (Lipinski definition) is 4. The fourth-order valence-corrected chi connectivity index (χ4v) is 2.94. The highest BCUT2D eigenvalue weighted by Gasteiger charge is 2.34. The number of ether oxygens (including phenoxy) is 1. The average Bonchev–Trinajstić information content (AvgIpc) is 2.38. The van der Waals surface area contributed by atoms with Gasteiger partial charge in [-0.2, -0.15) is 0 Å². The summed E-state index contributed by atoms with van der Waals surface area (Å²) in [6, 6.07) is -0.0537. The number of carbonyl (C=O) groups excluding carboxylic acids is 1. The second-order valence-corrected chi connectivity index (χ2v) is 5.43. The lowest BCUT2D eigenvalue weighted by atomic mass is 9.84. The van der Waals surface area contributed by atoms with Crippen LogP contribution in [0.3, 0.4) is 0 Å². The number of carbonyl (C=O) groups is 2. The number of carboxylic acids is 1. The fourth-order valence-electron chi connectivity index (χ4n) is 2.94. The van der Waals surface area contributed by atoms with Gasteiger partial charge in [-0.05, 0) is 12.8 Å². The molecule has 1 aliphatic carbocycles. The lowest BCUT2D eigenvalue weighted by molar-refractivity contribution is -0.150. The maximum absolute atomic E-state index is 12.4. The second-order valence-electron chi connectivity index (χ2n) is 5.43. The summed E-state index contributed by atoms with van der Waals surface area (Å²) in [6.07, 6.45) is 3.44. The normalized spacial score (nSPS) is 32.1. The number of aliphatic carboxylic acids is 1. The second kappa shape index (κ2) is 6.34. The molecule has 1 amide bonds. The lowest BCUT2D eigenvalue weighted by Crippen LogP contribution is -2.52. The molecule has 2 fully saturated rings. The summed E-state index contributed by atoms with van der Waals surface area (Å²) in [7, 11) is 0. The molecule has 0 spiro atoms. The third-order valence-electron chi connectivity index (χ3n) is 3.99. The van der Waals surface area contributed by atoms with Crippen molar-refractivity contribution >= 4 is 11.9 Å². The summed E-state index contributed by atoms with van der Waals surface area (Å²) in [4.78, 5) is 24.9. The van der Waals surface area contributed by atoms with E-state index in [1.807, 2.05) is 0 Å². The van der Waals surface area contributed by atoms with Crippen molar-refractivity contribution in [1.29, 1.82) is 0 Å². The molecule has 3 atom stereocenters. The van der Waals surface area contributed by atoms with Gasteiger partial charge in [-0.1, -0.05) is 12.8 Å². The van der Waals surface area contributed by atoms with E-state index in [1.165, 1.54) is 0 Å². The van der Waals surface area contributed by atoms with Crippen molar-refractivity contribution in [1.82, 2.24) is 4.90 Å². The molecule has 1 saturated carbocycles. The lowest BCUT2D eigenvalue weighted by Gasteiger charge is -2.37. The monoisotopic (exact) mass is 270 g/mol. The number of nitrogens with two attached hydrogens (primary N) is 1. The molecule has 108 valence electrons. The van der Waals surface area contributed by atoms with E-state index in [9.17, 15) is 9.59 Å². The third-order valence-corrected chi connectivity index (χ3v) is 3.99. The summed E-state index contributed by atoms with van der Waals surface area (Å²) in [6.45, 7) is 1.32. The first-order chi connectivity index (χ1) is 9.08. The highest BCUT2D eigenvalue weighted by molar-refractivity contribution is 5.80. The molecule has 1 aliphatic heterocycles. The SMILES string of the molecule is NC1CCCCC1C(=O)N1CCOC(CC(=O)O)C1. The predicted octanol–water partition coefficient (Wildman–Crippen LogP) is 0.206. The molecule has 19 heavy (non-hydrogen) atoms. The van der Waals surface area contributed by atoms with Crippen LogP contribution in [0.15, 0.2) is 0 Å². The van der Waals surface area contributed by atoms with E-state index in [0.717, 1.165) is 25.7 Å². The number of rotatable bonds is 3. The largest absolute Gasteiger partial charge is 0.481 e. The van der Waals surface area contributed by atoms with E-state index in [1.54, 1.807) is 4.90 Å². The molecular formula is C13H22N2O4. The van der Waals surface area contributed by atoms with Crippen LogP contribution >= 0.6 is 0 Å². The molecule has 2 aliphatic rings. The Morgan fingerprint density at radius 3 is 2.74 bits per heavy atom. The van der Waals surface area contributed by atoms with Gasteiger partial charge in [-0.3, -0.25) is 9.59 Å². The van der Waals surface area contributed by atoms with E-state index >= 15 is 0 Å². The highest BCUT2D eigenvalue weighted by Crippen LogP contribution is 2.25. The van der Waals surface area contributed by atoms with Crippen LogP contribution in [0.4, 0.5) is 0 Å². The molecule has 2 rings (SSSR count). The number of amides is 1. The Morgan fingerprint density at radius 2 is 2.05 bits per heavy atom. The zero-order valence-corrected chi connectivity index (χ0v) is 11.1. The van der Waals surface area contributed by atoms with Crippen LogP contribution in [0.2, 0.25) is 0 Å². The Balaban J connectivity index is 1.92. The molecule has 6 nitrogen and oxygen atoms in total. The first kappa shape index (κ1) is 14.3. The molecule has 0 aromatic heterocycles. The molecule has 1 saturated heterocycles. The van der Waals surface area contributed by atoms with Crippen LogP contribution in [-0.2, 0) is 14.3 Å². The van der Waals surface area contributed by atoms with Gasteiger partial charge in [0.15, 0.2) is 0 Å². The van der Waals surface area contributed by atoms with Crippen molar-refractivity contribution in [3.8, 4) is 0 Å². The van der Waals surface area contributed by atoms with Crippen molar-refractivity contribution in [2.75, 3.05) is 19.7 Å². The van der Waals surface area contributed by atoms with Crippen molar-refractivity contribution in [3.63, 3.8) is 0 Å². The number of morpholine rings is 1. The molecule has 6 heteroatoms. The number of carboxylic acid groups (broad SMARTS) is 1. The van der Waals surface area contributed by atoms with E-state index in [0.29, 0.717) is 19.7 Å². The van der Waals surface area contributed by atoms with E-state index in [4.69, 9.17) is 15.6 Å². The summed E-state index contributed by atoms with van der Waals surface area (Å²) in [5.41, 5.74) is 6.03. The topological polar surface area (TPSA) is 92.9 Å². The zero-order valence-electron chi connectivity index (χ0n) is 11.1. The molecule has 0 aromatic rings. The van der Waals surface area contributed by atoms with E-state index in [-0.39, 0.29) is 24.3 Å². The summed E-state index contributed by atoms with van der Waals surface area (Å²) < 4.78 is 5.38. The quantitative estimate of drug-likeness (QED) is 0.764.